The Labute approximate surface area is 64.2 Å². The molecule has 1 aromatic rings. The third-order valence-electron chi connectivity index (χ3n) is 1.89. The van der Waals surface area contributed by atoms with Crippen LogP contribution in [0.15, 0.2) is 6.20 Å². The van der Waals surface area contributed by atoms with Gasteiger partial charge in [0.05, 0.1) is 6.20 Å². The van der Waals surface area contributed by atoms with Crippen LogP contribution in [-0.4, -0.2) is 15.7 Å². The molecule has 0 atom stereocenters. The van der Waals surface area contributed by atoms with Crippen LogP contribution in [0.5, 0.6) is 0 Å². The van der Waals surface area contributed by atoms with E-state index < -0.39 is 0 Å². The van der Waals surface area contributed by atoms with Gasteiger partial charge in [0.15, 0.2) is 0 Å². The molecule has 58 valence electrons. The van der Waals surface area contributed by atoms with Crippen LogP contribution < -0.4 is 5.32 Å². The average molecular weight is 151 g/mol. The summed E-state index contributed by atoms with van der Waals surface area (Å²) in [6, 6.07) is 0. The zero-order valence-corrected chi connectivity index (χ0v) is 6.29. The highest BCUT2D eigenvalue weighted by Gasteiger charge is 2.17. The van der Waals surface area contributed by atoms with E-state index >= 15 is 0 Å². The monoisotopic (exact) mass is 151 g/mol. The van der Waals surface area contributed by atoms with Crippen LogP contribution >= 0.6 is 0 Å². The van der Waals surface area contributed by atoms with Gasteiger partial charge in [-0.05, 0) is 6.42 Å². The Balaban J connectivity index is 2.45. The van der Waals surface area contributed by atoms with E-state index in [9.17, 15) is 4.79 Å². The first-order valence-corrected chi connectivity index (χ1v) is 3.58. The zero-order valence-electron chi connectivity index (χ0n) is 6.29. The maximum Gasteiger partial charge on any atom is 0.225 e. The summed E-state index contributed by atoms with van der Waals surface area (Å²) in [7, 11) is 1.82. The minimum absolute atomic E-state index is 0.0844. The van der Waals surface area contributed by atoms with Crippen molar-refractivity contribution >= 4 is 11.7 Å². The molecule has 0 fully saturated rings. The summed E-state index contributed by atoms with van der Waals surface area (Å²) in [6.07, 6.45) is 3.20. The lowest BCUT2D eigenvalue weighted by molar-refractivity contribution is -0.116. The second-order valence-corrected chi connectivity index (χ2v) is 2.69. The maximum absolute atomic E-state index is 10.9. The van der Waals surface area contributed by atoms with Crippen LogP contribution in [0.1, 0.15) is 12.0 Å². The van der Waals surface area contributed by atoms with E-state index in [0.717, 1.165) is 17.8 Å². The molecule has 11 heavy (non-hydrogen) atoms. The summed E-state index contributed by atoms with van der Waals surface area (Å²) in [5.74, 6) is 0.933. The summed E-state index contributed by atoms with van der Waals surface area (Å²) < 4.78 is 1.69. The fourth-order valence-corrected chi connectivity index (χ4v) is 1.27. The summed E-state index contributed by atoms with van der Waals surface area (Å²) in [6.45, 7) is 0. The number of anilines is 1. The van der Waals surface area contributed by atoms with Gasteiger partial charge in [0.2, 0.25) is 5.91 Å². The van der Waals surface area contributed by atoms with Gasteiger partial charge in [-0.25, -0.2) is 0 Å². The van der Waals surface area contributed by atoms with Crippen molar-refractivity contribution in [3.63, 3.8) is 0 Å². The van der Waals surface area contributed by atoms with Gasteiger partial charge in [-0.3, -0.25) is 9.48 Å². The predicted molar refractivity (Wildman–Crippen MR) is 40.2 cm³/mol. The van der Waals surface area contributed by atoms with E-state index in [4.69, 9.17) is 0 Å². The second-order valence-electron chi connectivity index (χ2n) is 2.69. The standard InChI is InChI=1S/C7H9N3O/c1-10-7-5(4-8-10)2-3-6(11)9-7/h4H,2-3H2,1H3,(H,9,11). The number of amides is 1. The highest BCUT2D eigenvalue weighted by Crippen LogP contribution is 2.20. The molecular weight excluding hydrogens is 142 g/mol. The van der Waals surface area contributed by atoms with Gasteiger partial charge in [0.25, 0.3) is 0 Å². The normalized spacial score (nSPS) is 15.9. The van der Waals surface area contributed by atoms with Crippen LogP contribution in [0.2, 0.25) is 0 Å². The van der Waals surface area contributed by atoms with E-state index in [0.29, 0.717) is 6.42 Å². The maximum atomic E-state index is 10.9. The number of nitrogens with one attached hydrogen (secondary N) is 1. The van der Waals surface area contributed by atoms with E-state index in [-0.39, 0.29) is 5.91 Å². The zero-order chi connectivity index (χ0) is 7.84. The number of hydrogen-bond acceptors (Lipinski definition) is 2. The SMILES string of the molecule is Cn1ncc2c1NC(=O)CC2. The molecule has 0 aliphatic carbocycles. The van der Waals surface area contributed by atoms with Crippen molar-refractivity contribution in [3.8, 4) is 0 Å². The number of hydrogen-bond donors (Lipinski definition) is 1. The summed E-state index contributed by atoms with van der Waals surface area (Å²) >= 11 is 0. The lowest BCUT2D eigenvalue weighted by Crippen LogP contribution is -2.20. The molecule has 2 rings (SSSR count). The van der Waals surface area contributed by atoms with E-state index in [1.807, 2.05) is 7.05 Å². The Hall–Kier alpha value is -1.32. The number of fused-ring (bicyclic) bond motifs is 1. The molecule has 4 heteroatoms. The summed E-state index contributed by atoms with van der Waals surface area (Å²) in [5.41, 5.74) is 1.13. The van der Waals surface area contributed by atoms with Gasteiger partial charge in [-0.1, -0.05) is 0 Å². The van der Waals surface area contributed by atoms with Crippen molar-refractivity contribution < 1.29 is 4.79 Å². The van der Waals surface area contributed by atoms with Crippen LogP contribution in [0.25, 0.3) is 0 Å². The van der Waals surface area contributed by atoms with Crippen molar-refractivity contribution in [3.05, 3.63) is 11.8 Å². The van der Waals surface area contributed by atoms with Gasteiger partial charge in [0, 0.05) is 19.0 Å². The Morgan fingerprint density at radius 3 is 3.27 bits per heavy atom. The van der Waals surface area contributed by atoms with Crippen LogP contribution in [-0.2, 0) is 18.3 Å². The molecule has 0 saturated heterocycles. The first-order valence-electron chi connectivity index (χ1n) is 3.58. The average Bonchev–Trinajstić information content (AvgIpc) is 2.33. The van der Waals surface area contributed by atoms with Crippen molar-refractivity contribution in [1.29, 1.82) is 0 Å². The largest absolute Gasteiger partial charge is 0.311 e. The molecule has 0 bridgehead atoms. The fourth-order valence-electron chi connectivity index (χ4n) is 1.27. The number of carbonyl (C=O) groups excluding carboxylic acids is 1. The first kappa shape index (κ1) is 6.39. The molecule has 1 aliphatic heterocycles. The van der Waals surface area contributed by atoms with Gasteiger partial charge in [0.1, 0.15) is 5.82 Å². The van der Waals surface area contributed by atoms with Crippen molar-refractivity contribution in [2.75, 3.05) is 5.32 Å². The van der Waals surface area contributed by atoms with Gasteiger partial charge >= 0.3 is 0 Å². The summed E-state index contributed by atoms with van der Waals surface area (Å²) in [5, 5.41) is 6.80. The fraction of sp³-hybridized carbons (Fsp3) is 0.429. The molecule has 0 aromatic carbocycles. The Morgan fingerprint density at radius 2 is 2.45 bits per heavy atom. The second kappa shape index (κ2) is 2.08. The molecule has 1 aliphatic rings. The minimum Gasteiger partial charge on any atom is -0.311 e. The topological polar surface area (TPSA) is 46.9 Å². The lowest BCUT2D eigenvalue weighted by Gasteiger charge is -2.12. The van der Waals surface area contributed by atoms with Gasteiger partial charge < -0.3 is 5.32 Å². The van der Waals surface area contributed by atoms with E-state index in [2.05, 4.69) is 10.4 Å². The Bertz CT molecular complexity index is 303. The number of aromatic nitrogens is 2. The molecule has 0 radical (unpaired) electrons. The molecule has 0 saturated carbocycles. The third-order valence-corrected chi connectivity index (χ3v) is 1.89. The lowest BCUT2D eigenvalue weighted by atomic mass is 10.1. The van der Waals surface area contributed by atoms with Crippen LogP contribution in [0, 0.1) is 0 Å². The van der Waals surface area contributed by atoms with Crippen LogP contribution in [0.3, 0.4) is 0 Å². The number of carbonyl (C=O) groups is 1. The Morgan fingerprint density at radius 1 is 1.64 bits per heavy atom. The molecule has 1 N–H and O–H groups in total. The predicted octanol–water partition coefficient (Wildman–Crippen LogP) is 0.305. The van der Waals surface area contributed by atoms with E-state index in [1.54, 1.807) is 10.9 Å². The summed E-state index contributed by atoms with van der Waals surface area (Å²) in [4.78, 5) is 10.9. The first-order chi connectivity index (χ1) is 5.27. The highest BCUT2D eigenvalue weighted by molar-refractivity contribution is 5.92. The van der Waals surface area contributed by atoms with Crippen molar-refractivity contribution in [1.82, 2.24) is 9.78 Å². The molecule has 4 nitrogen and oxygen atoms in total. The van der Waals surface area contributed by atoms with Crippen molar-refractivity contribution in [2.45, 2.75) is 12.8 Å². The molecule has 0 unspecified atom stereocenters. The Kier molecular flexibility index (Phi) is 1.21. The third kappa shape index (κ3) is 0.906. The smallest absolute Gasteiger partial charge is 0.225 e. The van der Waals surface area contributed by atoms with E-state index in [1.165, 1.54) is 0 Å². The molecule has 1 aromatic heterocycles. The highest BCUT2D eigenvalue weighted by atomic mass is 16.1. The van der Waals surface area contributed by atoms with Gasteiger partial charge in [-0.2, -0.15) is 5.10 Å². The van der Waals surface area contributed by atoms with Crippen molar-refractivity contribution in [2.24, 2.45) is 7.05 Å². The number of aryl methyl sites for hydroxylation is 2. The molecule has 2 heterocycles. The minimum atomic E-state index is 0.0844. The molecular formula is C7H9N3O. The van der Waals surface area contributed by atoms with Gasteiger partial charge in [-0.15, -0.1) is 0 Å². The quantitative estimate of drug-likeness (QED) is 0.580. The number of nitrogens with zero attached hydrogens (tertiary/aromatic N) is 2. The molecule has 1 amide bonds. The molecule has 0 spiro atoms. The van der Waals surface area contributed by atoms with Crippen LogP contribution in [0.4, 0.5) is 5.82 Å². The number of rotatable bonds is 0.